The van der Waals surface area contributed by atoms with Crippen LogP contribution in [0.15, 0.2) is 12.1 Å². The first-order chi connectivity index (χ1) is 8.91. The Kier molecular flexibility index (Phi) is 3.91. The molecule has 0 saturated carbocycles. The number of hydrogen-bond donors (Lipinski definition) is 0. The lowest BCUT2D eigenvalue weighted by molar-refractivity contribution is 0.0900. The van der Waals surface area contributed by atoms with Crippen molar-refractivity contribution in [1.29, 1.82) is 5.26 Å². The first-order valence-corrected chi connectivity index (χ1v) is 6.53. The fraction of sp³-hybridized carbons (Fsp3) is 0.538. The second-order valence-corrected chi connectivity index (χ2v) is 5.32. The molecule has 1 aliphatic rings. The van der Waals surface area contributed by atoms with Crippen LogP contribution < -0.4 is 4.90 Å². The van der Waals surface area contributed by atoms with E-state index in [2.05, 4.69) is 11.9 Å². The van der Waals surface area contributed by atoms with Crippen LogP contribution in [0.2, 0.25) is 0 Å². The molecule has 0 unspecified atom stereocenters. The lowest BCUT2D eigenvalue weighted by atomic mass is 9.99. The molecule has 2 rings (SSSR count). The molecule has 19 heavy (non-hydrogen) atoms. The molecule has 1 aromatic rings. The van der Waals surface area contributed by atoms with Crippen LogP contribution in [0.3, 0.4) is 0 Å². The van der Waals surface area contributed by atoms with Gasteiger partial charge in [-0.15, -0.1) is 0 Å². The largest absolute Gasteiger partial charge is 0.364 e. The van der Waals surface area contributed by atoms with Gasteiger partial charge in [0.25, 0.3) is 0 Å². The van der Waals surface area contributed by atoms with Gasteiger partial charge in [0.2, 0.25) is 0 Å². The van der Waals surface area contributed by atoms with Crippen molar-refractivity contribution in [3.8, 4) is 6.07 Å². The summed E-state index contributed by atoms with van der Waals surface area (Å²) in [5.41, 5.74) is -0.207. The summed E-state index contributed by atoms with van der Waals surface area (Å²) in [5, 5.41) is 5.55. The predicted molar refractivity (Wildman–Crippen MR) is 69.3 cm³/mol. The van der Waals surface area contributed by atoms with Crippen LogP contribution in [0, 0.1) is 17.2 Å². The standard InChI is InChI=1S/C13H14ClF2N3/c1-9-4-6-19(7-5-9)12-10(8-17)2-3-11(18-12)13(14,15)16/h2-3,9H,4-7H2,1H3. The van der Waals surface area contributed by atoms with Gasteiger partial charge in [-0.3, -0.25) is 0 Å². The van der Waals surface area contributed by atoms with Crippen molar-refractivity contribution < 1.29 is 8.78 Å². The number of hydrogen-bond acceptors (Lipinski definition) is 3. The molecule has 6 heteroatoms. The van der Waals surface area contributed by atoms with E-state index >= 15 is 0 Å². The molecule has 102 valence electrons. The maximum atomic E-state index is 13.1. The Bertz CT molecular complexity index is 500. The molecule has 0 atom stereocenters. The molecule has 3 nitrogen and oxygen atoms in total. The van der Waals surface area contributed by atoms with E-state index in [1.807, 2.05) is 11.0 Å². The smallest absolute Gasteiger partial charge is 0.355 e. The highest BCUT2D eigenvalue weighted by molar-refractivity contribution is 6.21. The molecular weight excluding hydrogens is 272 g/mol. The Hall–Kier alpha value is -1.41. The van der Waals surface area contributed by atoms with Crippen LogP contribution in [0.5, 0.6) is 0 Å². The third-order valence-corrected chi connectivity index (χ3v) is 3.56. The molecule has 1 aromatic heterocycles. The van der Waals surface area contributed by atoms with E-state index in [4.69, 9.17) is 16.9 Å². The number of anilines is 1. The van der Waals surface area contributed by atoms with Crippen LogP contribution in [0.4, 0.5) is 14.6 Å². The van der Waals surface area contributed by atoms with Crippen LogP contribution in [0.1, 0.15) is 31.0 Å². The van der Waals surface area contributed by atoms with E-state index in [9.17, 15) is 8.78 Å². The SMILES string of the molecule is CC1CCN(c2nc(C(F)(F)Cl)ccc2C#N)CC1. The summed E-state index contributed by atoms with van der Waals surface area (Å²) < 4.78 is 26.2. The quantitative estimate of drug-likeness (QED) is 0.781. The number of alkyl halides is 3. The number of aromatic nitrogens is 1. The molecule has 0 aliphatic carbocycles. The summed E-state index contributed by atoms with van der Waals surface area (Å²) in [5.74, 6) is 0.923. The first kappa shape index (κ1) is 14.0. The molecule has 1 saturated heterocycles. The fourth-order valence-electron chi connectivity index (χ4n) is 2.15. The average Bonchev–Trinajstić information content (AvgIpc) is 2.38. The molecular formula is C13H14ClF2N3. The second kappa shape index (κ2) is 5.30. The summed E-state index contributed by atoms with van der Waals surface area (Å²) in [7, 11) is 0. The van der Waals surface area contributed by atoms with Gasteiger partial charge in [0, 0.05) is 13.1 Å². The van der Waals surface area contributed by atoms with Crippen molar-refractivity contribution in [2.75, 3.05) is 18.0 Å². The second-order valence-electron chi connectivity index (χ2n) is 4.85. The number of rotatable bonds is 2. The molecule has 0 radical (unpaired) electrons. The highest BCUT2D eigenvalue weighted by Crippen LogP contribution is 2.33. The Balaban J connectivity index is 2.35. The third-order valence-electron chi connectivity index (χ3n) is 3.37. The zero-order chi connectivity index (χ0) is 14.0. The zero-order valence-corrected chi connectivity index (χ0v) is 11.3. The highest BCUT2D eigenvalue weighted by atomic mass is 35.5. The lowest BCUT2D eigenvalue weighted by Gasteiger charge is -2.32. The van der Waals surface area contributed by atoms with E-state index in [-0.39, 0.29) is 0 Å². The molecule has 0 aromatic carbocycles. The first-order valence-electron chi connectivity index (χ1n) is 6.15. The maximum Gasteiger partial charge on any atom is 0.364 e. The highest BCUT2D eigenvalue weighted by Gasteiger charge is 2.31. The van der Waals surface area contributed by atoms with E-state index < -0.39 is 11.1 Å². The van der Waals surface area contributed by atoms with Gasteiger partial charge in [-0.2, -0.15) is 14.0 Å². The fourth-order valence-corrected chi connectivity index (χ4v) is 2.26. The van der Waals surface area contributed by atoms with Crippen molar-refractivity contribution in [2.45, 2.75) is 25.1 Å². The Labute approximate surface area is 115 Å². The van der Waals surface area contributed by atoms with Gasteiger partial charge in [-0.1, -0.05) is 6.92 Å². The molecule has 0 spiro atoms. The van der Waals surface area contributed by atoms with Gasteiger partial charge in [0.15, 0.2) is 0 Å². The topological polar surface area (TPSA) is 39.9 Å². The molecule has 0 amide bonds. The summed E-state index contributed by atoms with van der Waals surface area (Å²) >= 11 is 4.99. The van der Waals surface area contributed by atoms with Gasteiger partial charge in [-0.05, 0) is 42.5 Å². The maximum absolute atomic E-state index is 13.1. The minimum atomic E-state index is -3.51. The summed E-state index contributed by atoms with van der Waals surface area (Å²) in [6.45, 7) is 3.60. The van der Waals surface area contributed by atoms with Crippen molar-refractivity contribution in [2.24, 2.45) is 5.92 Å². The summed E-state index contributed by atoms with van der Waals surface area (Å²) in [6.07, 6.45) is 1.93. The predicted octanol–water partition coefficient (Wildman–Crippen LogP) is 3.48. The Morgan fingerprint density at radius 1 is 1.42 bits per heavy atom. The summed E-state index contributed by atoms with van der Waals surface area (Å²) in [4.78, 5) is 5.76. The summed E-state index contributed by atoms with van der Waals surface area (Å²) in [6, 6.07) is 4.44. The van der Waals surface area contributed by atoms with Crippen molar-refractivity contribution in [3.63, 3.8) is 0 Å². The van der Waals surface area contributed by atoms with Crippen molar-refractivity contribution in [1.82, 2.24) is 4.98 Å². The van der Waals surface area contributed by atoms with E-state index in [1.54, 1.807) is 0 Å². The Morgan fingerprint density at radius 3 is 2.58 bits per heavy atom. The van der Waals surface area contributed by atoms with Gasteiger partial charge < -0.3 is 4.90 Å². The molecule has 0 bridgehead atoms. The van der Waals surface area contributed by atoms with Crippen LogP contribution in [-0.2, 0) is 5.38 Å². The number of nitriles is 1. The molecule has 0 N–H and O–H groups in total. The Morgan fingerprint density at radius 2 is 2.05 bits per heavy atom. The minimum absolute atomic E-state index is 0.305. The molecule has 2 heterocycles. The number of piperidine rings is 1. The minimum Gasteiger partial charge on any atom is -0.355 e. The lowest BCUT2D eigenvalue weighted by Crippen LogP contribution is -2.34. The monoisotopic (exact) mass is 285 g/mol. The van der Waals surface area contributed by atoms with E-state index in [0.29, 0.717) is 17.3 Å². The van der Waals surface area contributed by atoms with Gasteiger partial charge in [0.1, 0.15) is 17.6 Å². The molecule has 1 aliphatic heterocycles. The zero-order valence-electron chi connectivity index (χ0n) is 10.5. The molecule has 1 fully saturated rings. The van der Waals surface area contributed by atoms with E-state index in [0.717, 1.165) is 32.0 Å². The van der Waals surface area contributed by atoms with Gasteiger partial charge in [-0.25, -0.2) is 4.98 Å². The third kappa shape index (κ3) is 3.13. The van der Waals surface area contributed by atoms with Gasteiger partial charge in [0.05, 0.1) is 5.56 Å². The van der Waals surface area contributed by atoms with Crippen molar-refractivity contribution in [3.05, 3.63) is 23.4 Å². The number of pyridine rings is 1. The van der Waals surface area contributed by atoms with E-state index in [1.165, 1.54) is 6.07 Å². The van der Waals surface area contributed by atoms with Crippen molar-refractivity contribution >= 4 is 17.4 Å². The van der Waals surface area contributed by atoms with Crippen LogP contribution in [-0.4, -0.2) is 18.1 Å². The van der Waals surface area contributed by atoms with Crippen LogP contribution >= 0.6 is 11.6 Å². The van der Waals surface area contributed by atoms with Crippen LogP contribution in [0.25, 0.3) is 0 Å². The average molecular weight is 286 g/mol. The number of halogens is 3. The number of nitrogens with zero attached hydrogens (tertiary/aromatic N) is 3. The van der Waals surface area contributed by atoms with Gasteiger partial charge >= 0.3 is 5.38 Å². The normalized spacial score (nSPS) is 17.3.